The summed E-state index contributed by atoms with van der Waals surface area (Å²) >= 11 is 0. The Kier molecular flexibility index (Phi) is 11.7. The summed E-state index contributed by atoms with van der Waals surface area (Å²) in [5.74, 6) is 0. The predicted octanol–water partition coefficient (Wildman–Crippen LogP) is 3.58. The quantitative estimate of drug-likeness (QED) is 0.373. The van der Waals surface area contributed by atoms with E-state index in [0.29, 0.717) is 0 Å². The zero-order valence-electron chi connectivity index (χ0n) is 15.4. The van der Waals surface area contributed by atoms with Crippen molar-refractivity contribution in [2.75, 3.05) is 45.2 Å². The van der Waals surface area contributed by atoms with Crippen molar-refractivity contribution in [2.45, 2.75) is 32.6 Å². The van der Waals surface area contributed by atoms with Crippen LogP contribution in [0.15, 0.2) is 29.2 Å². The monoisotopic (exact) mass is 378 g/mol. The number of rotatable bonds is 9. The SMILES string of the molecule is CC[P+](CC)(CC)COCCOC.Cc1ccc(S(=O)(=O)[O-])cc1. The smallest absolute Gasteiger partial charge is 0.157 e. The Labute approximate surface area is 147 Å². The summed E-state index contributed by atoms with van der Waals surface area (Å²) in [6, 6.07) is 5.78. The molecule has 1 aromatic rings. The van der Waals surface area contributed by atoms with Crippen LogP contribution in [0, 0.1) is 6.92 Å². The molecule has 7 heteroatoms. The summed E-state index contributed by atoms with van der Waals surface area (Å²) in [6.07, 6.45) is 4.92. The van der Waals surface area contributed by atoms with Crippen LogP contribution in [0.5, 0.6) is 0 Å². The van der Waals surface area contributed by atoms with E-state index in [1.807, 2.05) is 6.92 Å². The van der Waals surface area contributed by atoms with Gasteiger partial charge in [0.1, 0.15) is 10.1 Å². The third-order valence-corrected chi connectivity index (χ3v) is 9.72. The van der Waals surface area contributed by atoms with Crippen molar-refractivity contribution in [2.24, 2.45) is 0 Å². The van der Waals surface area contributed by atoms with Gasteiger partial charge in [0.15, 0.2) is 6.35 Å². The van der Waals surface area contributed by atoms with Crippen molar-refractivity contribution in [3.05, 3.63) is 29.8 Å². The molecular weight excluding hydrogens is 347 g/mol. The lowest BCUT2D eigenvalue weighted by molar-refractivity contribution is 0.0931. The second-order valence-corrected chi connectivity index (χ2v) is 11.8. The van der Waals surface area contributed by atoms with Gasteiger partial charge in [0.25, 0.3) is 0 Å². The van der Waals surface area contributed by atoms with Crippen LogP contribution in [0.3, 0.4) is 0 Å². The Morgan fingerprint density at radius 3 is 1.88 bits per heavy atom. The van der Waals surface area contributed by atoms with E-state index >= 15 is 0 Å². The van der Waals surface area contributed by atoms with E-state index in [0.717, 1.165) is 25.1 Å². The normalized spacial score (nSPS) is 11.8. The fraction of sp³-hybridized carbons (Fsp3) is 0.647. The van der Waals surface area contributed by atoms with E-state index < -0.39 is 17.4 Å². The summed E-state index contributed by atoms with van der Waals surface area (Å²) in [5.41, 5.74) is 0.928. The minimum Gasteiger partial charge on any atom is -0.744 e. The highest BCUT2D eigenvalue weighted by atomic mass is 32.2. The molecule has 0 aromatic heterocycles. The van der Waals surface area contributed by atoms with Gasteiger partial charge in [-0.1, -0.05) is 17.7 Å². The van der Waals surface area contributed by atoms with Gasteiger partial charge in [0.2, 0.25) is 0 Å². The van der Waals surface area contributed by atoms with E-state index in [2.05, 4.69) is 20.8 Å². The van der Waals surface area contributed by atoms with Crippen molar-refractivity contribution >= 4 is 17.4 Å². The van der Waals surface area contributed by atoms with Crippen LogP contribution >= 0.6 is 7.26 Å². The molecule has 5 nitrogen and oxygen atoms in total. The van der Waals surface area contributed by atoms with Crippen LogP contribution in [0.2, 0.25) is 0 Å². The molecule has 0 amide bonds. The molecule has 0 fully saturated rings. The largest absolute Gasteiger partial charge is 0.744 e. The summed E-state index contributed by atoms with van der Waals surface area (Å²) in [7, 11) is -3.31. The van der Waals surface area contributed by atoms with Gasteiger partial charge in [0, 0.05) is 14.4 Å². The molecule has 0 saturated carbocycles. The number of ether oxygens (including phenoxy) is 2. The Balaban J connectivity index is 0.000000446. The molecule has 0 bridgehead atoms. The molecule has 0 aliphatic rings. The van der Waals surface area contributed by atoms with Crippen LogP contribution < -0.4 is 0 Å². The molecule has 24 heavy (non-hydrogen) atoms. The molecule has 0 radical (unpaired) electrons. The molecule has 1 rings (SSSR count). The first kappa shape index (κ1) is 23.5. The highest BCUT2D eigenvalue weighted by molar-refractivity contribution is 7.85. The molecule has 0 atom stereocenters. The number of aryl methyl sites for hydroxylation is 1. The molecule has 0 saturated heterocycles. The van der Waals surface area contributed by atoms with Crippen LogP contribution in [-0.4, -0.2) is 58.1 Å². The van der Waals surface area contributed by atoms with Crippen molar-refractivity contribution in [3.63, 3.8) is 0 Å². The zero-order valence-corrected chi connectivity index (χ0v) is 17.2. The minimum absolute atomic E-state index is 0.178. The molecule has 0 heterocycles. The lowest BCUT2D eigenvalue weighted by Crippen LogP contribution is -2.12. The molecule has 0 aliphatic heterocycles. The second kappa shape index (κ2) is 11.9. The zero-order chi connectivity index (χ0) is 18.6. The molecule has 0 spiro atoms. The van der Waals surface area contributed by atoms with Crippen molar-refractivity contribution in [3.8, 4) is 0 Å². The number of hydrogen-bond donors (Lipinski definition) is 0. The van der Waals surface area contributed by atoms with Crippen LogP contribution in [0.1, 0.15) is 26.3 Å². The van der Waals surface area contributed by atoms with Crippen LogP contribution in [0.25, 0.3) is 0 Å². The van der Waals surface area contributed by atoms with E-state index in [9.17, 15) is 13.0 Å². The van der Waals surface area contributed by atoms with Gasteiger partial charge in [-0.3, -0.25) is 0 Å². The van der Waals surface area contributed by atoms with Crippen molar-refractivity contribution in [1.29, 1.82) is 0 Å². The summed E-state index contributed by atoms with van der Waals surface area (Å²) < 4.78 is 41.7. The fourth-order valence-corrected chi connectivity index (χ4v) is 4.93. The first-order valence-electron chi connectivity index (χ1n) is 8.19. The average molecular weight is 378 g/mol. The third kappa shape index (κ3) is 9.09. The highest BCUT2D eigenvalue weighted by Crippen LogP contribution is 2.57. The topological polar surface area (TPSA) is 75.7 Å². The number of benzene rings is 1. The van der Waals surface area contributed by atoms with E-state index in [4.69, 9.17) is 9.47 Å². The van der Waals surface area contributed by atoms with Gasteiger partial charge in [-0.15, -0.1) is 0 Å². The van der Waals surface area contributed by atoms with Crippen LogP contribution in [0.4, 0.5) is 0 Å². The average Bonchev–Trinajstić information content (AvgIpc) is 2.56. The van der Waals surface area contributed by atoms with Gasteiger partial charge in [-0.2, -0.15) is 0 Å². The van der Waals surface area contributed by atoms with Gasteiger partial charge in [0.05, 0.1) is 36.6 Å². The lowest BCUT2D eigenvalue weighted by atomic mass is 10.2. The standard InChI is InChI=1S/C10H24O2P.C7H8O3S/c1-5-13(6-2,7-3)10-12-9-8-11-4;1-6-2-4-7(5-3-6)11(8,9)10/h5-10H2,1-4H3;2-5H,1H3,(H,8,9,10)/q+1;/p-1. The Morgan fingerprint density at radius 1 is 1.00 bits per heavy atom. The Hall–Kier alpha value is -0.520. The summed E-state index contributed by atoms with van der Waals surface area (Å²) in [6.45, 7) is 10.2. The van der Waals surface area contributed by atoms with Gasteiger partial charge >= 0.3 is 0 Å². The Bertz CT molecular complexity index is 530. The highest BCUT2D eigenvalue weighted by Gasteiger charge is 2.31. The fourth-order valence-electron chi connectivity index (χ4n) is 2.05. The molecule has 0 aliphatic carbocycles. The van der Waals surface area contributed by atoms with Crippen molar-refractivity contribution in [1.82, 2.24) is 0 Å². The molecule has 0 N–H and O–H groups in total. The van der Waals surface area contributed by atoms with E-state index in [-0.39, 0.29) is 4.90 Å². The maximum Gasteiger partial charge on any atom is 0.157 e. The van der Waals surface area contributed by atoms with E-state index in [1.54, 1.807) is 19.2 Å². The number of hydrogen-bond acceptors (Lipinski definition) is 5. The molecule has 1 aromatic carbocycles. The molecular formula is C17H31O5PS. The Morgan fingerprint density at radius 2 is 1.50 bits per heavy atom. The predicted molar refractivity (Wildman–Crippen MR) is 100 cm³/mol. The first-order chi connectivity index (χ1) is 11.2. The molecule has 140 valence electrons. The molecule has 0 unspecified atom stereocenters. The van der Waals surface area contributed by atoms with E-state index in [1.165, 1.54) is 30.6 Å². The summed E-state index contributed by atoms with van der Waals surface area (Å²) in [5, 5.41) is 0. The summed E-state index contributed by atoms with van der Waals surface area (Å²) in [4.78, 5) is -0.178. The number of methoxy groups -OCH3 is 1. The third-order valence-electron chi connectivity index (χ3n) is 4.12. The van der Waals surface area contributed by atoms with Gasteiger partial charge in [-0.25, -0.2) is 8.42 Å². The van der Waals surface area contributed by atoms with Crippen LogP contribution in [-0.2, 0) is 19.6 Å². The van der Waals surface area contributed by atoms with Gasteiger partial charge < -0.3 is 14.0 Å². The van der Waals surface area contributed by atoms with Crippen molar-refractivity contribution < 1.29 is 22.4 Å². The second-order valence-electron chi connectivity index (χ2n) is 5.59. The maximum atomic E-state index is 10.4. The lowest BCUT2D eigenvalue weighted by Gasteiger charge is -2.22. The van der Waals surface area contributed by atoms with Gasteiger partial charge in [-0.05, 0) is 39.8 Å². The minimum atomic E-state index is -4.27. The maximum absolute atomic E-state index is 10.4. The first-order valence-corrected chi connectivity index (χ1v) is 12.1.